The number of likely N-dealkylation sites (tertiary alicyclic amines) is 1. The molecule has 0 aromatic heterocycles. The molecule has 86 valence electrons. The van der Waals surface area contributed by atoms with Crippen molar-refractivity contribution in [3.8, 4) is 0 Å². The van der Waals surface area contributed by atoms with Crippen molar-refractivity contribution in [3.63, 3.8) is 0 Å². The predicted molar refractivity (Wildman–Crippen MR) is 62.9 cm³/mol. The van der Waals surface area contributed by atoms with E-state index in [4.69, 9.17) is 5.73 Å². The average Bonchev–Trinajstić information content (AvgIpc) is 2.97. The minimum atomic E-state index is -0.485. The zero-order chi connectivity index (χ0) is 10.2. The number of amides is 1. The van der Waals surface area contributed by atoms with Crippen LogP contribution in [-0.4, -0.2) is 29.4 Å². The fraction of sp³-hybridized carbons (Fsp3) is 0.727. The average molecular weight is 231 g/mol. The summed E-state index contributed by atoms with van der Waals surface area (Å²) in [6.07, 6.45) is 5.83. The Bertz CT molecular complexity index is 255. The van der Waals surface area contributed by atoms with Crippen molar-refractivity contribution in [3.05, 3.63) is 12.7 Å². The Kier molecular flexibility index (Phi) is 3.79. The second-order valence-electron chi connectivity index (χ2n) is 4.52. The molecule has 15 heavy (non-hydrogen) atoms. The van der Waals surface area contributed by atoms with Gasteiger partial charge in [0.25, 0.3) is 0 Å². The maximum Gasteiger partial charge on any atom is 0.242 e. The summed E-state index contributed by atoms with van der Waals surface area (Å²) in [6.45, 7) is 5.50. The van der Waals surface area contributed by atoms with Crippen molar-refractivity contribution >= 4 is 18.3 Å². The van der Waals surface area contributed by atoms with E-state index < -0.39 is 5.54 Å². The summed E-state index contributed by atoms with van der Waals surface area (Å²) in [5, 5.41) is 0. The number of carbonyl (C=O) groups is 1. The van der Waals surface area contributed by atoms with Gasteiger partial charge in [0.05, 0.1) is 5.54 Å². The summed E-state index contributed by atoms with van der Waals surface area (Å²) in [5.74, 6) is 0.756. The van der Waals surface area contributed by atoms with Gasteiger partial charge in [0, 0.05) is 13.1 Å². The number of nitrogens with two attached hydrogens (primary N) is 1. The summed E-state index contributed by atoms with van der Waals surface area (Å²) in [4.78, 5) is 13.8. The van der Waals surface area contributed by atoms with E-state index in [9.17, 15) is 4.79 Å². The number of halogens is 1. The lowest BCUT2D eigenvalue weighted by molar-refractivity contribution is -0.134. The lowest BCUT2D eigenvalue weighted by atomic mass is 9.96. The van der Waals surface area contributed by atoms with Crippen LogP contribution in [0.3, 0.4) is 0 Å². The molecule has 4 heteroatoms. The van der Waals surface area contributed by atoms with Crippen LogP contribution in [-0.2, 0) is 4.79 Å². The number of rotatable bonds is 2. The maximum absolute atomic E-state index is 11.9. The molecule has 0 spiro atoms. The van der Waals surface area contributed by atoms with Crippen molar-refractivity contribution < 1.29 is 4.79 Å². The molecule has 1 saturated heterocycles. The van der Waals surface area contributed by atoms with Crippen molar-refractivity contribution in [2.75, 3.05) is 13.1 Å². The van der Waals surface area contributed by atoms with Gasteiger partial charge in [-0.05, 0) is 31.6 Å². The Morgan fingerprint density at radius 3 is 2.33 bits per heavy atom. The molecular weight excluding hydrogens is 212 g/mol. The molecule has 2 N–H and O–H groups in total. The number of nitrogens with zero attached hydrogens (tertiary/aromatic N) is 1. The van der Waals surface area contributed by atoms with E-state index in [2.05, 4.69) is 6.58 Å². The summed E-state index contributed by atoms with van der Waals surface area (Å²) in [6, 6.07) is 0. The molecule has 0 unspecified atom stereocenters. The van der Waals surface area contributed by atoms with E-state index in [0.717, 1.165) is 38.8 Å². The van der Waals surface area contributed by atoms with Gasteiger partial charge in [-0.3, -0.25) is 4.79 Å². The van der Waals surface area contributed by atoms with E-state index >= 15 is 0 Å². The summed E-state index contributed by atoms with van der Waals surface area (Å²) >= 11 is 0. The predicted octanol–water partition coefficient (Wildman–Crippen LogP) is 1.32. The van der Waals surface area contributed by atoms with Crippen molar-refractivity contribution in [2.45, 2.75) is 31.2 Å². The van der Waals surface area contributed by atoms with E-state index in [1.165, 1.54) is 0 Å². The molecule has 0 bridgehead atoms. The Balaban J connectivity index is 0.00000112. The van der Waals surface area contributed by atoms with E-state index in [1.807, 2.05) is 11.0 Å². The zero-order valence-electron chi connectivity index (χ0n) is 8.95. The van der Waals surface area contributed by atoms with Crippen LogP contribution < -0.4 is 5.73 Å². The molecule has 1 aliphatic carbocycles. The quantitative estimate of drug-likeness (QED) is 0.728. The third-order valence-corrected chi connectivity index (χ3v) is 3.37. The number of hydrogen-bond donors (Lipinski definition) is 1. The van der Waals surface area contributed by atoms with Gasteiger partial charge in [0.15, 0.2) is 0 Å². The Hall–Kier alpha value is -0.540. The first-order valence-corrected chi connectivity index (χ1v) is 5.36. The SMILES string of the molecule is C=CC1CCN(C(=O)C2(N)CC2)CC1.Cl. The fourth-order valence-electron chi connectivity index (χ4n) is 2.00. The monoisotopic (exact) mass is 230 g/mol. The molecular formula is C11H19ClN2O. The zero-order valence-corrected chi connectivity index (χ0v) is 9.76. The molecule has 3 nitrogen and oxygen atoms in total. The minimum absolute atomic E-state index is 0. The standard InChI is InChI=1S/C11H18N2O.ClH/c1-2-9-3-7-13(8-4-9)10(14)11(12)5-6-11;/h2,9H,1,3-8,12H2;1H. The van der Waals surface area contributed by atoms with Crippen LogP contribution in [0, 0.1) is 5.92 Å². The van der Waals surface area contributed by atoms with Gasteiger partial charge in [-0.25, -0.2) is 0 Å². The lowest BCUT2D eigenvalue weighted by Gasteiger charge is -2.32. The van der Waals surface area contributed by atoms with Crippen LogP contribution in [0.4, 0.5) is 0 Å². The van der Waals surface area contributed by atoms with Gasteiger partial charge in [0.2, 0.25) is 5.91 Å². The van der Waals surface area contributed by atoms with Gasteiger partial charge in [0.1, 0.15) is 0 Å². The molecule has 1 aliphatic heterocycles. The molecule has 0 aromatic rings. The molecule has 0 aromatic carbocycles. The van der Waals surface area contributed by atoms with E-state index in [0.29, 0.717) is 5.92 Å². The summed E-state index contributed by atoms with van der Waals surface area (Å²) in [5.41, 5.74) is 5.39. The van der Waals surface area contributed by atoms with E-state index in [-0.39, 0.29) is 18.3 Å². The fourth-order valence-corrected chi connectivity index (χ4v) is 2.00. The largest absolute Gasteiger partial charge is 0.341 e. The second-order valence-corrected chi connectivity index (χ2v) is 4.52. The van der Waals surface area contributed by atoms with Crippen LogP contribution in [0.1, 0.15) is 25.7 Å². The molecule has 1 saturated carbocycles. The van der Waals surface area contributed by atoms with Gasteiger partial charge < -0.3 is 10.6 Å². The normalized spacial score (nSPS) is 24.2. The molecule has 2 aliphatic rings. The molecule has 1 amide bonds. The van der Waals surface area contributed by atoms with Crippen molar-refractivity contribution in [2.24, 2.45) is 11.7 Å². The van der Waals surface area contributed by atoms with Crippen LogP contribution >= 0.6 is 12.4 Å². The number of carbonyl (C=O) groups excluding carboxylic acids is 1. The molecule has 0 radical (unpaired) electrons. The van der Waals surface area contributed by atoms with Gasteiger partial charge in [-0.2, -0.15) is 0 Å². The molecule has 0 atom stereocenters. The second kappa shape index (κ2) is 4.54. The highest BCUT2D eigenvalue weighted by Gasteiger charge is 2.48. The first-order chi connectivity index (χ1) is 6.65. The van der Waals surface area contributed by atoms with Crippen molar-refractivity contribution in [1.29, 1.82) is 0 Å². The van der Waals surface area contributed by atoms with Crippen LogP contribution in [0.25, 0.3) is 0 Å². The topological polar surface area (TPSA) is 46.3 Å². The number of hydrogen-bond acceptors (Lipinski definition) is 2. The molecule has 1 heterocycles. The van der Waals surface area contributed by atoms with Crippen LogP contribution in [0.5, 0.6) is 0 Å². The minimum Gasteiger partial charge on any atom is -0.341 e. The van der Waals surface area contributed by atoms with E-state index in [1.54, 1.807) is 0 Å². The van der Waals surface area contributed by atoms with Gasteiger partial charge in [-0.1, -0.05) is 6.08 Å². The highest BCUT2D eigenvalue weighted by molar-refractivity contribution is 5.89. The Morgan fingerprint density at radius 1 is 1.40 bits per heavy atom. The highest BCUT2D eigenvalue weighted by Crippen LogP contribution is 2.35. The third kappa shape index (κ3) is 2.52. The van der Waals surface area contributed by atoms with Gasteiger partial charge >= 0.3 is 0 Å². The summed E-state index contributed by atoms with van der Waals surface area (Å²) in [7, 11) is 0. The van der Waals surface area contributed by atoms with Crippen molar-refractivity contribution in [1.82, 2.24) is 4.90 Å². The Morgan fingerprint density at radius 2 is 1.93 bits per heavy atom. The van der Waals surface area contributed by atoms with Gasteiger partial charge in [-0.15, -0.1) is 19.0 Å². The number of piperidine rings is 1. The van der Waals surface area contributed by atoms with Crippen LogP contribution in [0.2, 0.25) is 0 Å². The first-order valence-electron chi connectivity index (χ1n) is 5.36. The summed E-state index contributed by atoms with van der Waals surface area (Å²) < 4.78 is 0. The number of allylic oxidation sites excluding steroid dienone is 1. The maximum atomic E-state index is 11.9. The molecule has 2 rings (SSSR count). The highest BCUT2D eigenvalue weighted by atomic mass is 35.5. The third-order valence-electron chi connectivity index (χ3n) is 3.37. The Labute approximate surface area is 97.1 Å². The molecule has 2 fully saturated rings. The lowest BCUT2D eigenvalue weighted by Crippen LogP contribution is -2.48. The smallest absolute Gasteiger partial charge is 0.242 e. The van der Waals surface area contributed by atoms with Crippen LogP contribution in [0.15, 0.2) is 12.7 Å². The first kappa shape index (κ1) is 12.5.